The van der Waals surface area contributed by atoms with E-state index in [9.17, 15) is 22.8 Å². The number of hydrogen-bond donors (Lipinski definition) is 3. The highest BCUT2D eigenvalue weighted by molar-refractivity contribution is 6.34. The number of rotatable bonds is 4. The van der Waals surface area contributed by atoms with Gasteiger partial charge in [-0.05, 0) is 55.0 Å². The molecule has 0 aliphatic rings. The first-order chi connectivity index (χ1) is 14.5. The van der Waals surface area contributed by atoms with Crippen LogP contribution in [-0.2, 0) is 6.18 Å². The summed E-state index contributed by atoms with van der Waals surface area (Å²) in [7, 11) is 0. The minimum Gasteiger partial charge on any atom is -0.384 e. The van der Waals surface area contributed by atoms with Crippen LogP contribution in [0.5, 0.6) is 0 Å². The molecule has 10 heteroatoms. The van der Waals surface area contributed by atoms with Crippen molar-refractivity contribution >= 4 is 40.6 Å². The van der Waals surface area contributed by atoms with E-state index in [-0.39, 0.29) is 21.8 Å². The molecule has 1 heterocycles. The smallest absolute Gasteiger partial charge is 0.384 e. The number of amides is 2. The molecule has 31 heavy (non-hydrogen) atoms. The minimum atomic E-state index is -4.57. The number of pyridine rings is 1. The summed E-state index contributed by atoms with van der Waals surface area (Å²) in [5.74, 6) is -1.03. The number of nitrogen functional groups attached to an aromatic ring is 1. The van der Waals surface area contributed by atoms with E-state index in [0.717, 1.165) is 18.2 Å². The Bertz CT molecular complexity index is 1170. The lowest BCUT2D eigenvalue weighted by atomic mass is 10.1. The second-order valence-corrected chi connectivity index (χ2v) is 7.01. The Balaban J connectivity index is 1.81. The Kier molecular flexibility index (Phi) is 6.16. The fourth-order valence-corrected chi connectivity index (χ4v) is 2.92. The van der Waals surface area contributed by atoms with Gasteiger partial charge in [-0.15, -0.1) is 0 Å². The number of aromatic nitrogens is 1. The van der Waals surface area contributed by atoms with Crippen LogP contribution in [0.1, 0.15) is 31.8 Å². The normalized spacial score (nSPS) is 11.1. The van der Waals surface area contributed by atoms with E-state index >= 15 is 0 Å². The molecular formula is C21H16ClF3N4O2. The van der Waals surface area contributed by atoms with Crippen LogP contribution in [-0.4, -0.2) is 16.8 Å². The zero-order chi connectivity index (χ0) is 22.8. The Hall–Kier alpha value is -3.59. The Morgan fingerprint density at radius 1 is 1.03 bits per heavy atom. The third kappa shape index (κ3) is 5.32. The highest BCUT2D eigenvalue weighted by Crippen LogP contribution is 2.30. The fourth-order valence-electron chi connectivity index (χ4n) is 2.72. The molecule has 0 aliphatic carbocycles. The summed E-state index contributed by atoms with van der Waals surface area (Å²) >= 11 is 6.11. The minimum absolute atomic E-state index is 0.0553. The Labute approximate surface area is 180 Å². The number of nitrogens with two attached hydrogens (primary N) is 1. The number of carbonyl (C=O) groups excluding carboxylic acids is 2. The van der Waals surface area contributed by atoms with Gasteiger partial charge in [0, 0.05) is 11.3 Å². The van der Waals surface area contributed by atoms with Crippen molar-refractivity contribution < 1.29 is 22.8 Å². The largest absolute Gasteiger partial charge is 0.416 e. The van der Waals surface area contributed by atoms with Gasteiger partial charge >= 0.3 is 6.18 Å². The summed E-state index contributed by atoms with van der Waals surface area (Å²) in [5, 5.41) is 5.24. The van der Waals surface area contributed by atoms with Crippen molar-refractivity contribution in [2.24, 2.45) is 0 Å². The second kappa shape index (κ2) is 8.65. The van der Waals surface area contributed by atoms with Gasteiger partial charge in [0.2, 0.25) is 0 Å². The zero-order valence-electron chi connectivity index (χ0n) is 16.0. The maximum Gasteiger partial charge on any atom is 0.416 e. The first-order valence-corrected chi connectivity index (χ1v) is 9.24. The number of halogens is 4. The molecule has 3 aromatic rings. The molecule has 0 saturated heterocycles. The molecule has 4 N–H and O–H groups in total. The molecule has 3 rings (SSSR count). The SMILES string of the molecule is Cc1cc(N)ncc1NC(=O)c1cc(NC(=O)c2cccc(C(F)(F)F)c2)ccc1Cl. The molecule has 2 aromatic carbocycles. The molecule has 2 amide bonds. The van der Waals surface area contributed by atoms with Gasteiger partial charge in [-0.1, -0.05) is 17.7 Å². The molecule has 0 radical (unpaired) electrons. The van der Waals surface area contributed by atoms with Crippen molar-refractivity contribution in [2.75, 3.05) is 16.4 Å². The number of benzene rings is 2. The molecule has 0 aliphatic heterocycles. The van der Waals surface area contributed by atoms with E-state index in [1.165, 1.54) is 30.5 Å². The Morgan fingerprint density at radius 2 is 1.77 bits per heavy atom. The highest BCUT2D eigenvalue weighted by Gasteiger charge is 2.30. The van der Waals surface area contributed by atoms with E-state index in [4.69, 9.17) is 17.3 Å². The van der Waals surface area contributed by atoms with E-state index in [1.807, 2.05) is 0 Å². The van der Waals surface area contributed by atoms with Crippen molar-refractivity contribution in [3.05, 3.63) is 82.0 Å². The number of anilines is 3. The molecule has 160 valence electrons. The van der Waals surface area contributed by atoms with Crippen LogP contribution < -0.4 is 16.4 Å². The average molecular weight is 449 g/mol. The van der Waals surface area contributed by atoms with Crippen LogP contribution in [0.25, 0.3) is 0 Å². The molecule has 1 aromatic heterocycles. The van der Waals surface area contributed by atoms with Crippen molar-refractivity contribution in [3.63, 3.8) is 0 Å². The number of nitrogens with one attached hydrogen (secondary N) is 2. The number of hydrogen-bond acceptors (Lipinski definition) is 4. The topological polar surface area (TPSA) is 97.1 Å². The first kappa shape index (κ1) is 22.1. The molecule has 0 bridgehead atoms. The summed E-state index contributed by atoms with van der Waals surface area (Å²) in [6.45, 7) is 1.74. The predicted octanol–water partition coefficient (Wildman–Crippen LogP) is 5.15. The first-order valence-electron chi connectivity index (χ1n) is 8.86. The maximum absolute atomic E-state index is 12.9. The van der Waals surface area contributed by atoms with Crippen LogP contribution in [0, 0.1) is 6.92 Å². The van der Waals surface area contributed by atoms with Gasteiger partial charge < -0.3 is 16.4 Å². The third-order valence-electron chi connectivity index (χ3n) is 4.30. The van der Waals surface area contributed by atoms with Crippen molar-refractivity contribution in [1.29, 1.82) is 0 Å². The average Bonchev–Trinajstić information content (AvgIpc) is 2.71. The molecular weight excluding hydrogens is 433 g/mol. The van der Waals surface area contributed by atoms with Crippen molar-refractivity contribution in [3.8, 4) is 0 Å². The monoisotopic (exact) mass is 448 g/mol. The summed E-state index contributed by atoms with van der Waals surface area (Å²) in [6.07, 6.45) is -3.17. The molecule has 0 saturated carbocycles. The van der Waals surface area contributed by atoms with Gasteiger partial charge in [-0.25, -0.2) is 4.98 Å². The lowest BCUT2D eigenvalue weighted by Gasteiger charge is -2.12. The quantitative estimate of drug-likeness (QED) is 0.514. The second-order valence-electron chi connectivity index (χ2n) is 6.61. The summed E-state index contributed by atoms with van der Waals surface area (Å²) in [5.41, 5.74) is 5.82. The van der Waals surface area contributed by atoms with Crippen LogP contribution in [0.15, 0.2) is 54.7 Å². The molecule has 6 nitrogen and oxygen atoms in total. The summed E-state index contributed by atoms with van der Waals surface area (Å²) in [6, 6.07) is 9.75. The lowest BCUT2D eigenvalue weighted by Crippen LogP contribution is -2.16. The molecule has 0 unspecified atom stereocenters. The van der Waals surface area contributed by atoms with Gasteiger partial charge in [0.05, 0.1) is 28.0 Å². The van der Waals surface area contributed by atoms with Gasteiger partial charge in [-0.2, -0.15) is 13.2 Å². The zero-order valence-corrected chi connectivity index (χ0v) is 16.8. The maximum atomic E-state index is 12.9. The van der Waals surface area contributed by atoms with Crippen molar-refractivity contribution in [2.45, 2.75) is 13.1 Å². The van der Waals surface area contributed by atoms with Crippen LogP contribution in [0.4, 0.5) is 30.4 Å². The van der Waals surface area contributed by atoms with Gasteiger partial charge in [-0.3, -0.25) is 9.59 Å². The molecule has 0 atom stereocenters. The molecule has 0 spiro atoms. The van der Waals surface area contributed by atoms with Gasteiger partial charge in [0.15, 0.2) is 0 Å². The van der Waals surface area contributed by atoms with Crippen LogP contribution >= 0.6 is 11.6 Å². The number of nitrogens with zero attached hydrogens (tertiary/aromatic N) is 1. The van der Waals surface area contributed by atoms with Gasteiger partial charge in [0.1, 0.15) is 5.82 Å². The number of aryl methyl sites for hydroxylation is 1. The number of alkyl halides is 3. The van der Waals surface area contributed by atoms with E-state index in [0.29, 0.717) is 17.1 Å². The predicted molar refractivity (Wildman–Crippen MR) is 112 cm³/mol. The fraction of sp³-hybridized carbons (Fsp3) is 0.0952. The van der Waals surface area contributed by atoms with Crippen LogP contribution in [0.3, 0.4) is 0 Å². The standard InChI is InChI=1S/C21H16ClF3N4O2/c1-11-7-18(26)27-10-17(11)29-20(31)15-9-14(5-6-16(15)22)28-19(30)12-3-2-4-13(8-12)21(23,24)25/h2-10H,1H3,(H2,26,27)(H,28,30)(H,29,31). The van der Waals surface area contributed by atoms with Crippen LogP contribution in [0.2, 0.25) is 5.02 Å². The lowest BCUT2D eigenvalue weighted by molar-refractivity contribution is -0.137. The van der Waals surface area contributed by atoms with E-state index in [1.54, 1.807) is 13.0 Å². The van der Waals surface area contributed by atoms with E-state index < -0.39 is 23.6 Å². The van der Waals surface area contributed by atoms with Gasteiger partial charge in [0.25, 0.3) is 11.8 Å². The summed E-state index contributed by atoms with van der Waals surface area (Å²) < 4.78 is 38.6. The Morgan fingerprint density at radius 3 is 2.45 bits per heavy atom. The third-order valence-corrected chi connectivity index (χ3v) is 4.63. The van der Waals surface area contributed by atoms with Crippen molar-refractivity contribution in [1.82, 2.24) is 4.98 Å². The molecule has 0 fully saturated rings. The highest BCUT2D eigenvalue weighted by atomic mass is 35.5. The summed E-state index contributed by atoms with van der Waals surface area (Å²) in [4.78, 5) is 29.0. The van der Waals surface area contributed by atoms with E-state index in [2.05, 4.69) is 15.6 Å². The number of carbonyl (C=O) groups is 2.